The number of fused-ring (bicyclic) bond motifs is 1. The zero-order chi connectivity index (χ0) is 16.5. The standard InChI is InChI=1S/C18H14ClN5/c1-13-15(18(19)24(22-13)14-7-3-2-4-8-14)11-21-23-12-20-16-9-5-6-10-17(16)23/h2-12H,1H3/b21-11+. The molecule has 0 spiro atoms. The Labute approximate surface area is 143 Å². The smallest absolute Gasteiger partial charge is 0.142 e. The highest BCUT2D eigenvalue weighted by Gasteiger charge is 2.13. The van der Waals surface area contributed by atoms with Gasteiger partial charge >= 0.3 is 0 Å². The number of aromatic nitrogens is 4. The molecule has 5 nitrogen and oxygen atoms in total. The molecule has 0 unspecified atom stereocenters. The van der Waals surface area contributed by atoms with Crippen LogP contribution in [-0.2, 0) is 0 Å². The average molecular weight is 336 g/mol. The van der Waals surface area contributed by atoms with Crippen molar-refractivity contribution in [3.05, 3.63) is 77.3 Å². The summed E-state index contributed by atoms with van der Waals surface area (Å²) in [4.78, 5) is 4.32. The number of hydrogen-bond donors (Lipinski definition) is 0. The predicted molar refractivity (Wildman–Crippen MR) is 96.0 cm³/mol. The van der Waals surface area contributed by atoms with Gasteiger partial charge < -0.3 is 0 Å². The van der Waals surface area contributed by atoms with Crippen molar-refractivity contribution in [1.29, 1.82) is 0 Å². The fraction of sp³-hybridized carbons (Fsp3) is 0.0556. The molecule has 0 atom stereocenters. The van der Waals surface area contributed by atoms with E-state index in [1.165, 1.54) is 0 Å². The number of rotatable bonds is 3. The highest BCUT2D eigenvalue weighted by atomic mass is 35.5. The van der Waals surface area contributed by atoms with Crippen molar-refractivity contribution in [3.8, 4) is 5.69 Å². The summed E-state index contributed by atoms with van der Waals surface area (Å²) in [7, 11) is 0. The second-order valence-electron chi connectivity index (χ2n) is 5.36. The van der Waals surface area contributed by atoms with Crippen molar-refractivity contribution in [3.63, 3.8) is 0 Å². The minimum atomic E-state index is 0.534. The summed E-state index contributed by atoms with van der Waals surface area (Å²) in [6.45, 7) is 1.92. The number of imidazole rings is 1. The van der Waals surface area contributed by atoms with E-state index in [0.717, 1.165) is 28.0 Å². The average Bonchev–Trinajstić information content (AvgIpc) is 3.15. The van der Waals surface area contributed by atoms with Gasteiger partial charge in [0.05, 0.1) is 34.2 Å². The van der Waals surface area contributed by atoms with Crippen LogP contribution in [-0.4, -0.2) is 25.7 Å². The summed E-state index contributed by atoms with van der Waals surface area (Å²) < 4.78 is 3.44. The zero-order valence-corrected chi connectivity index (χ0v) is 13.7. The minimum Gasteiger partial charge on any atom is -0.235 e. The van der Waals surface area contributed by atoms with Gasteiger partial charge in [0.15, 0.2) is 0 Å². The molecule has 6 heteroatoms. The quantitative estimate of drug-likeness (QED) is 0.530. The number of aryl methyl sites for hydroxylation is 1. The van der Waals surface area contributed by atoms with Crippen LogP contribution in [0.25, 0.3) is 16.7 Å². The normalized spacial score (nSPS) is 11.6. The molecule has 0 radical (unpaired) electrons. The highest BCUT2D eigenvalue weighted by molar-refractivity contribution is 6.32. The molecule has 0 fully saturated rings. The number of hydrogen-bond acceptors (Lipinski definition) is 3. The molecule has 0 bridgehead atoms. The maximum atomic E-state index is 6.51. The Morgan fingerprint density at radius 1 is 1.04 bits per heavy atom. The number of benzene rings is 2. The van der Waals surface area contributed by atoms with E-state index in [1.807, 2.05) is 61.5 Å². The first-order valence-corrected chi connectivity index (χ1v) is 7.89. The van der Waals surface area contributed by atoms with Crippen LogP contribution < -0.4 is 0 Å². The molecule has 118 valence electrons. The van der Waals surface area contributed by atoms with E-state index < -0.39 is 0 Å². The third-order valence-electron chi connectivity index (χ3n) is 3.79. The summed E-state index contributed by atoms with van der Waals surface area (Å²) in [5.41, 5.74) is 4.36. The Hall–Kier alpha value is -2.92. The molecule has 0 aliphatic rings. The lowest BCUT2D eigenvalue weighted by Crippen LogP contribution is -1.96. The minimum absolute atomic E-state index is 0.534. The third kappa shape index (κ3) is 2.49. The monoisotopic (exact) mass is 335 g/mol. The van der Waals surface area contributed by atoms with Gasteiger partial charge in [-0.2, -0.15) is 10.2 Å². The molecule has 0 aliphatic heterocycles. The van der Waals surface area contributed by atoms with Gasteiger partial charge in [0.25, 0.3) is 0 Å². The molecule has 0 saturated heterocycles. The van der Waals surface area contributed by atoms with Gasteiger partial charge in [0, 0.05) is 0 Å². The topological polar surface area (TPSA) is 48.0 Å². The molecule has 2 aromatic heterocycles. The molecule has 2 heterocycles. The summed E-state index contributed by atoms with van der Waals surface area (Å²) in [6, 6.07) is 17.6. The molecular weight excluding hydrogens is 322 g/mol. The van der Waals surface area contributed by atoms with Crippen LogP contribution in [0.1, 0.15) is 11.3 Å². The zero-order valence-electron chi connectivity index (χ0n) is 13.0. The highest BCUT2D eigenvalue weighted by Crippen LogP contribution is 2.22. The van der Waals surface area contributed by atoms with Crippen molar-refractivity contribution in [2.45, 2.75) is 6.92 Å². The van der Waals surface area contributed by atoms with Gasteiger partial charge in [-0.25, -0.2) is 14.3 Å². The lowest BCUT2D eigenvalue weighted by atomic mass is 10.3. The molecule has 2 aromatic carbocycles. The van der Waals surface area contributed by atoms with Gasteiger partial charge in [0.2, 0.25) is 0 Å². The van der Waals surface area contributed by atoms with Crippen LogP contribution in [0.15, 0.2) is 66.0 Å². The fourth-order valence-electron chi connectivity index (χ4n) is 2.56. The summed E-state index contributed by atoms with van der Waals surface area (Å²) in [6.07, 6.45) is 3.41. The Morgan fingerprint density at radius 3 is 2.62 bits per heavy atom. The number of nitrogens with zero attached hydrogens (tertiary/aromatic N) is 5. The van der Waals surface area contributed by atoms with Crippen LogP contribution >= 0.6 is 11.6 Å². The fourth-order valence-corrected chi connectivity index (χ4v) is 2.88. The first kappa shape index (κ1) is 14.7. The van der Waals surface area contributed by atoms with E-state index in [-0.39, 0.29) is 0 Å². The molecule has 4 aromatic rings. The van der Waals surface area contributed by atoms with Crippen LogP contribution in [0, 0.1) is 6.92 Å². The molecule has 24 heavy (non-hydrogen) atoms. The van der Waals surface area contributed by atoms with Crippen molar-refractivity contribution in [2.24, 2.45) is 5.10 Å². The SMILES string of the molecule is Cc1nn(-c2ccccc2)c(Cl)c1/C=N/n1cnc2ccccc21. The largest absolute Gasteiger partial charge is 0.235 e. The molecule has 0 saturated carbocycles. The maximum Gasteiger partial charge on any atom is 0.142 e. The number of halogens is 1. The number of para-hydroxylation sites is 3. The molecule has 0 N–H and O–H groups in total. The van der Waals surface area contributed by atoms with E-state index >= 15 is 0 Å². The Bertz CT molecular complexity index is 1030. The van der Waals surface area contributed by atoms with Crippen molar-refractivity contribution < 1.29 is 0 Å². The Balaban J connectivity index is 1.74. The van der Waals surface area contributed by atoms with E-state index in [1.54, 1.807) is 21.9 Å². The lowest BCUT2D eigenvalue weighted by molar-refractivity contribution is 0.863. The van der Waals surface area contributed by atoms with Gasteiger partial charge in [-0.1, -0.05) is 41.9 Å². The van der Waals surface area contributed by atoms with Crippen LogP contribution in [0.5, 0.6) is 0 Å². The van der Waals surface area contributed by atoms with Gasteiger partial charge in [0.1, 0.15) is 11.5 Å². The second-order valence-corrected chi connectivity index (χ2v) is 5.72. The van der Waals surface area contributed by atoms with Gasteiger partial charge in [-0.05, 0) is 31.2 Å². The second kappa shape index (κ2) is 5.94. The van der Waals surface area contributed by atoms with E-state index in [0.29, 0.717) is 5.15 Å². The van der Waals surface area contributed by atoms with Crippen LogP contribution in [0.3, 0.4) is 0 Å². The first-order chi connectivity index (χ1) is 11.7. The van der Waals surface area contributed by atoms with E-state index in [4.69, 9.17) is 11.6 Å². The van der Waals surface area contributed by atoms with Crippen LogP contribution in [0.2, 0.25) is 5.15 Å². The van der Waals surface area contributed by atoms with Crippen LogP contribution in [0.4, 0.5) is 0 Å². The molecule has 4 rings (SSSR count). The van der Waals surface area contributed by atoms with Crippen molar-refractivity contribution >= 4 is 28.8 Å². The Kier molecular flexibility index (Phi) is 3.63. The lowest BCUT2D eigenvalue weighted by Gasteiger charge is -2.01. The molecule has 0 aliphatic carbocycles. The van der Waals surface area contributed by atoms with E-state index in [2.05, 4.69) is 15.2 Å². The molecule has 0 amide bonds. The van der Waals surface area contributed by atoms with Crippen molar-refractivity contribution in [2.75, 3.05) is 0 Å². The predicted octanol–water partition coefficient (Wildman–Crippen LogP) is 4.07. The summed E-state index contributed by atoms with van der Waals surface area (Å²) >= 11 is 6.51. The van der Waals surface area contributed by atoms with Gasteiger partial charge in [-0.15, -0.1) is 0 Å². The third-order valence-corrected chi connectivity index (χ3v) is 4.16. The molecular formula is C18H14ClN5. The first-order valence-electron chi connectivity index (χ1n) is 7.51. The Morgan fingerprint density at radius 2 is 1.79 bits per heavy atom. The van der Waals surface area contributed by atoms with Gasteiger partial charge in [-0.3, -0.25) is 0 Å². The maximum absolute atomic E-state index is 6.51. The van der Waals surface area contributed by atoms with E-state index in [9.17, 15) is 0 Å². The summed E-state index contributed by atoms with van der Waals surface area (Å²) in [5.74, 6) is 0. The summed E-state index contributed by atoms with van der Waals surface area (Å²) in [5, 5.41) is 9.53. The van der Waals surface area contributed by atoms with Crippen molar-refractivity contribution in [1.82, 2.24) is 19.4 Å².